The van der Waals surface area contributed by atoms with Gasteiger partial charge >= 0.3 is 12.0 Å². The molecular weight excluding hydrogens is 572 g/mol. The number of para-hydroxylation sites is 1. The van der Waals surface area contributed by atoms with E-state index >= 15 is 0 Å². The fourth-order valence-corrected chi connectivity index (χ4v) is 4.91. The van der Waals surface area contributed by atoms with Crippen LogP contribution >= 0.6 is 11.8 Å². The standard InChI is InChI=1S/C31H34N4O7S/c1-19-5-3-4-6-24(19)35-31(40)33-22-10-7-20(8-11-22)15-28(36)34-25(13-14-43-2)29(37)32-17-23(30(38)39)21-9-12-26-27(16-21)42-18-41-26/h3-12,16,23,25H,13-15,17-18H2,1-2H3,(H,32,37)(H,34,36)(H,38,39)(H2,33,35,40)/t23-,25+/m1/s1. The van der Waals surface area contributed by atoms with Gasteiger partial charge in [0, 0.05) is 17.9 Å². The number of carbonyl (C=O) groups excluding carboxylic acids is 3. The second-order valence-corrected chi connectivity index (χ2v) is 10.9. The molecule has 4 rings (SSSR count). The lowest BCUT2D eigenvalue weighted by atomic mass is 9.98. The SMILES string of the molecule is CSCC[C@H](NC(=O)Cc1ccc(NC(=O)Nc2ccccc2C)cc1)C(=O)NC[C@@H](C(=O)O)c1ccc2c(c1)OCO2. The number of fused-ring (bicyclic) bond motifs is 1. The lowest BCUT2D eigenvalue weighted by molar-refractivity contribution is -0.139. The molecule has 0 unspecified atom stereocenters. The Bertz CT molecular complexity index is 1460. The zero-order valence-corrected chi connectivity index (χ0v) is 24.7. The minimum Gasteiger partial charge on any atom is -0.481 e. The number of carbonyl (C=O) groups is 4. The summed E-state index contributed by atoms with van der Waals surface area (Å²) in [5.41, 5.74) is 3.37. The predicted octanol–water partition coefficient (Wildman–Crippen LogP) is 4.13. The van der Waals surface area contributed by atoms with Crippen molar-refractivity contribution < 1.29 is 33.8 Å². The van der Waals surface area contributed by atoms with Crippen LogP contribution in [0.4, 0.5) is 16.2 Å². The highest BCUT2D eigenvalue weighted by molar-refractivity contribution is 7.98. The van der Waals surface area contributed by atoms with E-state index in [4.69, 9.17) is 9.47 Å². The first-order valence-corrected chi connectivity index (χ1v) is 15.0. The number of rotatable bonds is 13. The predicted molar refractivity (Wildman–Crippen MR) is 165 cm³/mol. The summed E-state index contributed by atoms with van der Waals surface area (Å²) in [6.07, 6.45) is 2.29. The van der Waals surface area contributed by atoms with Gasteiger partial charge in [0.05, 0.1) is 12.3 Å². The second-order valence-electron chi connectivity index (χ2n) is 9.92. The molecule has 11 nitrogen and oxygen atoms in total. The van der Waals surface area contributed by atoms with Crippen LogP contribution in [0.15, 0.2) is 66.7 Å². The van der Waals surface area contributed by atoms with Gasteiger partial charge in [-0.15, -0.1) is 0 Å². The van der Waals surface area contributed by atoms with Gasteiger partial charge < -0.3 is 35.8 Å². The summed E-state index contributed by atoms with van der Waals surface area (Å²) < 4.78 is 10.6. The highest BCUT2D eigenvalue weighted by Gasteiger charge is 2.26. The largest absolute Gasteiger partial charge is 0.481 e. The van der Waals surface area contributed by atoms with Gasteiger partial charge in [0.15, 0.2) is 11.5 Å². The van der Waals surface area contributed by atoms with Crippen molar-refractivity contribution in [3.05, 3.63) is 83.4 Å². The average molecular weight is 607 g/mol. The lowest BCUT2D eigenvalue weighted by Gasteiger charge is -2.20. The molecular formula is C31H34N4O7S. The van der Waals surface area contributed by atoms with Gasteiger partial charge in [0.2, 0.25) is 18.6 Å². The second kappa shape index (κ2) is 15.0. The number of hydrogen-bond donors (Lipinski definition) is 5. The van der Waals surface area contributed by atoms with Gasteiger partial charge in [-0.3, -0.25) is 14.4 Å². The van der Waals surface area contributed by atoms with E-state index in [1.54, 1.807) is 42.5 Å². The topological polar surface area (TPSA) is 155 Å². The number of nitrogens with one attached hydrogen (secondary N) is 4. The van der Waals surface area contributed by atoms with Crippen LogP contribution in [0.3, 0.4) is 0 Å². The van der Waals surface area contributed by atoms with E-state index in [1.807, 2.05) is 37.4 Å². The molecule has 0 fully saturated rings. The molecule has 0 bridgehead atoms. The van der Waals surface area contributed by atoms with Crippen molar-refractivity contribution in [2.75, 3.05) is 36.0 Å². The fourth-order valence-electron chi connectivity index (χ4n) is 4.44. The highest BCUT2D eigenvalue weighted by atomic mass is 32.2. The molecule has 12 heteroatoms. The third-order valence-electron chi connectivity index (χ3n) is 6.81. The maximum absolute atomic E-state index is 13.1. The molecule has 43 heavy (non-hydrogen) atoms. The molecule has 0 saturated heterocycles. The van der Waals surface area contributed by atoms with Crippen molar-refractivity contribution >= 4 is 47.0 Å². The van der Waals surface area contributed by atoms with E-state index in [2.05, 4.69) is 21.3 Å². The zero-order valence-electron chi connectivity index (χ0n) is 23.8. The van der Waals surface area contributed by atoms with Crippen molar-refractivity contribution in [2.24, 2.45) is 0 Å². The Morgan fingerprint density at radius 2 is 1.70 bits per heavy atom. The van der Waals surface area contributed by atoms with E-state index in [-0.39, 0.29) is 31.7 Å². The molecule has 5 N–H and O–H groups in total. The first-order chi connectivity index (χ1) is 20.7. The number of carboxylic acids is 1. The van der Waals surface area contributed by atoms with Crippen LogP contribution in [0, 0.1) is 6.92 Å². The van der Waals surface area contributed by atoms with Gasteiger partial charge in [-0.2, -0.15) is 11.8 Å². The van der Waals surface area contributed by atoms with Gasteiger partial charge in [-0.1, -0.05) is 36.4 Å². The quantitative estimate of drug-likeness (QED) is 0.195. The number of aryl methyl sites for hydroxylation is 1. The first-order valence-electron chi connectivity index (χ1n) is 13.6. The maximum atomic E-state index is 13.1. The number of urea groups is 1. The number of ether oxygens (including phenoxy) is 2. The molecule has 0 saturated carbocycles. The monoisotopic (exact) mass is 606 g/mol. The number of thioether (sulfide) groups is 1. The molecule has 4 amide bonds. The summed E-state index contributed by atoms with van der Waals surface area (Å²) in [6.45, 7) is 1.81. The third-order valence-corrected chi connectivity index (χ3v) is 7.45. The Morgan fingerprint density at radius 3 is 2.42 bits per heavy atom. The van der Waals surface area contributed by atoms with Crippen molar-refractivity contribution in [1.29, 1.82) is 0 Å². The summed E-state index contributed by atoms with van der Waals surface area (Å²) in [4.78, 5) is 50.3. The molecule has 0 aliphatic carbocycles. The van der Waals surface area contributed by atoms with Crippen molar-refractivity contribution in [1.82, 2.24) is 10.6 Å². The Kier molecular flexibility index (Phi) is 10.9. The van der Waals surface area contributed by atoms with Gasteiger partial charge in [0.1, 0.15) is 6.04 Å². The molecule has 0 aromatic heterocycles. The van der Waals surface area contributed by atoms with Crippen LogP contribution in [0.1, 0.15) is 29.0 Å². The molecule has 3 aromatic rings. The Balaban J connectivity index is 1.30. The third kappa shape index (κ3) is 8.89. The van der Waals surface area contributed by atoms with Crippen LogP contribution in [0.25, 0.3) is 0 Å². The highest BCUT2D eigenvalue weighted by Crippen LogP contribution is 2.34. The molecule has 1 heterocycles. The number of carboxylic acid groups (broad SMARTS) is 1. The fraction of sp³-hybridized carbons (Fsp3) is 0.290. The minimum atomic E-state index is -1.10. The van der Waals surface area contributed by atoms with Crippen molar-refractivity contribution in [2.45, 2.75) is 31.7 Å². The van der Waals surface area contributed by atoms with Crippen LogP contribution in [-0.4, -0.2) is 60.3 Å². The van der Waals surface area contributed by atoms with E-state index in [1.165, 1.54) is 11.8 Å². The normalized spacial score (nSPS) is 13.0. The average Bonchev–Trinajstić information content (AvgIpc) is 3.45. The number of aliphatic carboxylic acids is 1. The van der Waals surface area contributed by atoms with E-state index < -0.39 is 23.8 Å². The summed E-state index contributed by atoms with van der Waals surface area (Å²) in [5, 5.41) is 20.8. The Morgan fingerprint density at radius 1 is 0.953 bits per heavy atom. The van der Waals surface area contributed by atoms with Gasteiger partial charge in [-0.05, 0) is 72.4 Å². The smallest absolute Gasteiger partial charge is 0.323 e. The van der Waals surface area contributed by atoms with Crippen LogP contribution < -0.4 is 30.7 Å². The maximum Gasteiger partial charge on any atom is 0.323 e. The molecule has 226 valence electrons. The molecule has 3 aromatic carbocycles. The summed E-state index contributed by atoms with van der Waals surface area (Å²) in [7, 11) is 0. The van der Waals surface area contributed by atoms with E-state index in [9.17, 15) is 24.3 Å². The van der Waals surface area contributed by atoms with Crippen molar-refractivity contribution in [3.8, 4) is 11.5 Å². The Labute approximate surface area is 253 Å². The number of amides is 4. The number of hydrogen-bond acceptors (Lipinski definition) is 7. The number of anilines is 2. The van der Waals surface area contributed by atoms with Gasteiger partial charge in [0.25, 0.3) is 0 Å². The molecule has 0 radical (unpaired) electrons. The molecule has 1 aliphatic heterocycles. The van der Waals surface area contributed by atoms with Crippen LogP contribution in [0.2, 0.25) is 0 Å². The molecule has 1 aliphatic rings. The Hall–Kier alpha value is -4.71. The van der Waals surface area contributed by atoms with Crippen LogP contribution in [0.5, 0.6) is 11.5 Å². The lowest BCUT2D eigenvalue weighted by Crippen LogP contribution is -2.48. The van der Waals surface area contributed by atoms with Gasteiger partial charge in [-0.25, -0.2) is 4.79 Å². The van der Waals surface area contributed by atoms with Crippen molar-refractivity contribution in [3.63, 3.8) is 0 Å². The van der Waals surface area contributed by atoms with E-state index in [0.29, 0.717) is 46.2 Å². The summed E-state index contributed by atoms with van der Waals surface area (Å²) in [5.74, 6) is -1.33. The zero-order chi connectivity index (χ0) is 30.8. The van der Waals surface area contributed by atoms with Crippen LogP contribution in [-0.2, 0) is 20.8 Å². The first kappa shape index (κ1) is 31.2. The molecule has 0 spiro atoms. The number of benzene rings is 3. The minimum absolute atomic E-state index is 0.0215. The summed E-state index contributed by atoms with van der Waals surface area (Å²) >= 11 is 1.53. The molecule has 2 atom stereocenters. The van der Waals surface area contributed by atoms with E-state index in [0.717, 1.165) is 5.56 Å². The summed E-state index contributed by atoms with van der Waals surface area (Å²) in [6, 6.07) is 17.9.